The molecule has 0 amide bonds. The first-order chi connectivity index (χ1) is 6.52. The topological polar surface area (TPSA) is 55.4 Å². The maximum atomic E-state index is 11.5. The zero-order valence-electron chi connectivity index (χ0n) is 8.88. The lowest BCUT2D eigenvalue weighted by Gasteiger charge is -2.40. The third-order valence-corrected chi connectivity index (χ3v) is 5.11. The zero-order valence-corrected chi connectivity index (χ0v) is 9.69. The number of sulfone groups is 1. The number of methoxy groups -OCH3 is 1. The van der Waals surface area contributed by atoms with Crippen molar-refractivity contribution in [3.63, 3.8) is 0 Å². The van der Waals surface area contributed by atoms with Crippen LogP contribution >= 0.6 is 0 Å². The van der Waals surface area contributed by atoms with Gasteiger partial charge in [-0.3, -0.25) is 0 Å². The van der Waals surface area contributed by atoms with Gasteiger partial charge in [-0.05, 0) is 12.8 Å². The molecule has 0 aromatic rings. The van der Waals surface area contributed by atoms with Crippen LogP contribution in [-0.2, 0) is 14.6 Å². The van der Waals surface area contributed by atoms with Crippen LogP contribution < -0.4 is 5.32 Å². The number of ether oxygens (including phenoxy) is 1. The fourth-order valence-corrected chi connectivity index (χ4v) is 3.13. The van der Waals surface area contributed by atoms with E-state index in [1.54, 1.807) is 7.11 Å². The zero-order chi connectivity index (χ0) is 10.7. The van der Waals surface area contributed by atoms with Gasteiger partial charge in [0.15, 0.2) is 9.84 Å². The molecule has 5 heteroatoms. The van der Waals surface area contributed by atoms with Gasteiger partial charge < -0.3 is 10.1 Å². The first-order valence-corrected chi connectivity index (χ1v) is 6.80. The summed E-state index contributed by atoms with van der Waals surface area (Å²) in [7, 11) is -1.28. The van der Waals surface area contributed by atoms with E-state index in [1.165, 1.54) is 6.26 Å². The van der Waals surface area contributed by atoms with E-state index in [9.17, 15) is 8.42 Å². The molecule has 0 aromatic carbocycles. The third kappa shape index (κ3) is 2.46. The molecule has 14 heavy (non-hydrogen) atoms. The summed E-state index contributed by atoms with van der Waals surface area (Å²) >= 11 is 0. The van der Waals surface area contributed by atoms with Crippen LogP contribution in [0.4, 0.5) is 0 Å². The summed E-state index contributed by atoms with van der Waals surface area (Å²) < 4.78 is 27.5. The van der Waals surface area contributed by atoms with Gasteiger partial charge in [-0.15, -0.1) is 0 Å². The fourth-order valence-electron chi connectivity index (χ4n) is 1.74. The second-order valence-corrected chi connectivity index (χ2v) is 6.39. The monoisotopic (exact) mass is 221 g/mol. The summed E-state index contributed by atoms with van der Waals surface area (Å²) in [6.07, 6.45) is 3.96. The van der Waals surface area contributed by atoms with E-state index in [0.717, 1.165) is 19.3 Å². The molecule has 0 aliphatic heterocycles. The lowest BCUT2D eigenvalue weighted by Crippen LogP contribution is -2.52. The molecule has 0 aromatic heterocycles. The molecule has 0 spiro atoms. The molecule has 0 unspecified atom stereocenters. The van der Waals surface area contributed by atoms with Crippen LogP contribution in [0.5, 0.6) is 0 Å². The van der Waals surface area contributed by atoms with Crippen LogP contribution in [-0.4, -0.2) is 46.2 Å². The van der Waals surface area contributed by atoms with Gasteiger partial charge in [0.25, 0.3) is 0 Å². The highest BCUT2D eigenvalue weighted by atomic mass is 32.2. The van der Waals surface area contributed by atoms with E-state index < -0.39 is 14.6 Å². The van der Waals surface area contributed by atoms with Gasteiger partial charge in [-0.25, -0.2) is 8.42 Å². The molecule has 0 atom stereocenters. The molecule has 0 heterocycles. The van der Waals surface area contributed by atoms with Gasteiger partial charge in [0.2, 0.25) is 0 Å². The molecule has 0 bridgehead atoms. The van der Waals surface area contributed by atoms with Crippen molar-refractivity contribution in [2.45, 2.75) is 24.0 Å². The van der Waals surface area contributed by atoms with E-state index in [-0.39, 0.29) is 0 Å². The molecule has 84 valence electrons. The van der Waals surface area contributed by atoms with Crippen molar-refractivity contribution < 1.29 is 13.2 Å². The minimum Gasteiger partial charge on any atom is -0.383 e. The second kappa shape index (κ2) is 4.59. The van der Waals surface area contributed by atoms with Crippen LogP contribution in [0.15, 0.2) is 0 Å². The quantitative estimate of drug-likeness (QED) is 0.651. The average molecular weight is 221 g/mol. The number of rotatable bonds is 6. The van der Waals surface area contributed by atoms with Gasteiger partial charge >= 0.3 is 0 Å². The van der Waals surface area contributed by atoms with Crippen molar-refractivity contribution in [2.24, 2.45) is 0 Å². The molecule has 1 fully saturated rings. The Kier molecular flexibility index (Phi) is 3.92. The lowest BCUT2D eigenvalue weighted by atomic mass is 9.84. The molecular weight excluding hydrogens is 202 g/mol. The highest BCUT2D eigenvalue weighted by Crippen LogP contribution is 2.38. The van der Waals surface area contributed by atoms with Gasteiger partial charge in [-0.1, -0.05) is 6.42 Å². The van der Waals surface area contributed by atoms with Crippen molar-refractivity contribution >= 4 is 9.84 Å². The Balaban J connectivity index is 2.40. The van der Waals surface area contributed by atoms with Crippen molar-refractivity contribution in [3.05, 3.63) is 0 Å². The Hall–Kier alpha value is -0.130. The van der Waals surface area contributed by atoms with Crippen molar-refractivity contribution in [3.8, 4) is 0 Å². The van der Waals surface area contributed by atoms with E-state index >= 15 is 0 Å². The largest absolute Gasteiger partial charge is 0.383 e. The summed E-state index contributed by atoms with van der Waals surface area (Å²) in [4.78, 5) is 0. The van der Waals surface area contributed by atoms with Crippen LogP contribution in [0.1, 0.15) is 19.3 Å². The Morgan fingerprint density at radius 3 is 2.43 bits per heavy atom. The molecule has 4 nitrogen and oxygen atoms in total. The standard InChI is InChI=1S/C9H19NO3S/c1-13-7-6-10-8-9(4-3-5-9)14(2,11)12/h10H,3-8H2,1-2H3. The van der Waals surface area contributed by atoms with Crippen LogP contribution in [0.25, 0.3) is 0 Å². The van der Waals surface area contributed by atoms with Gasteiger partial charge in [0.05, 0.1) is 11.4 Å². The molecular formula is C9H19NO3S. The molecule has 1 saturated carbocycles. The smallest absolute Gasteiger partial charge is 0.154 e. The van der Waals surface area contributed by atoms with Gasteiger partial charge in [0, 0.05) is 26.5 Å². The van der Waals surface area contributed by atoms with Crippen molar-refractivity contribution in [1.29, 1.82) is 0 Å². The minimum absolute atomic E-state index is 0.485. The average Bonchev–Trinajstić information content (AvgIpc) is 1.98. The summed E-state index contributed by atoms with van der Waals surface area (Å²) in [6.45, 7) is 1.91. The SMILES string of the molecule is COCCNCC1(S(C)(=O)=O)CCC1. The van der Waals surface area contributed by atoms with Gasteiger partial charge in [0.1, 0.15) is 0 Å². The van der Waals surface area contributed by atoms with Crippen molar-refractivity contribution in [2.75, 3.05) is 33.1 Å². The Morgan fingerprint density at radius 1 is 1.43 bits per heavy atom. The highest BCUT2D eigenvalue weighted by molar-refractivity contribution is 7.92. The molecule has 1 aliphatic carbocycles. The number of hydrogen-bond donors (Lipinski definition) is 1. The summed E-state index contributed by atoms with van der Waals surface area (Å²) in [6, 6.07) is 0. The Bertz CT molecular complexity index is 270. The van der Waals surface area contributed by atoms with Crippen LogP contribution in [0.3, 0.4) is 0 Å². The lowest BCUT2D eigenvalue weighted by molar-refractivity contribution is 0.195. The highest BCUT2D eigenvalue weighted by Gasteiger charge is 2.45. The third-order valence-electron chi connectivity index (χ3n) is 2.98. The van der Waals surface area contributed by atoms with E-state index in [1.807, 2.05) is 0 Å². The predicted molar refractivity (Wildman–Crippen MR) is 56.2 cm³/mol. The van der Waals surface area contributed by atoms with E-state index in [0.29, 0.717) is 19.7 Å². The molecule has 1 rings (SSSR count). The summed E-state index contributed by atoms with van der Waals surface area (Å²) in [5.41, 5.74) is 0. The first-order valence-electron chi connectivity index (χ1n) is 4.91. The molecule has 0 radical (unpaired) electrons. The number of nitrogens with one attached hydrogen (secondary N) is 1. The maximum absolute atomic E-state index is 11.5. The molecule has 1 aliphatic rings. The maximum Gasteiger partial charge on any atom is 0.154 e. The second-order valence-electron chi connectivity index (χ2n) is 3.98. The van der Waals surface area contributed by atoms with Gasteiger partial charge in [-0.2, -0.15) is 0 Å². The van der Waals surface area contributed by atoms with Crippen LogP contribution in [0.2, 0.25) is 0 Å². The van der Waals surface area contributed by atoms with E-state index in [2.05, 4.69) is 5.32 Å². The number of hydrogen-bond acceptors (Lipinski definition) is 4. The molecule has 0 saturated heterocycles. The van der Waals surface area contributed by atoms with Crippen LogP contribution in [0, 0.1) is 0 Å². The Labute approximate surface area is 85.9 Å². The fraction of sp³-hybridized carbons (Fsp3) is 1.00. The first kappa shape index (κ1) is 11.9. The Morgan fingerprint density at radius 2 is 2.07 bits per heavy atom. The minimum atomic E-state index is -2.92. The summed E-state index contributed by atoms with van der Waals surface area (Å²) in [5.74, 6) is 0. The summed E-state index contributed by atoms with van der Waals surface area (Å²) in [5, 5.41) is 3.13. The normalized spacial score (nSPS) is 20.4. The molecule has 1 N–H and O–H groups in total. The predicted octanol–water partition coefficient (Wildman–Crippen LogP) is 0.190. The van der Waals surface area contributed by atoms with Crippen molar-refractivity contribution in [1.82, 2.24) is 5.32 Å². The van der Waals surface area contributed by atoms with E-state index in [4.69, 9.17) is 4.74 Å².